The Hall–Kier alpha value is -4.17. The van der Waals surface area contributed by atoms with Crippen LogP contribution in [-0.4, -0.2) is 16.2 Å². The first-order valence-electron chi connectivity index (χ1n) is 9.67. The molecule has 2 heterocycles. The van der Waals surface area contributed by atoms with E-state index in [-0.39, 0.29) is 6.42 Å². The third-order valence-electron chi connectivity index (χ3n) is 4.85. The number of hydrogen-bond acceptors (Lipinski definition) is 3. The molecule has 4 aromatic rings. The van der Waals surface area contributed by atoms with E-state index >= 15 is 0 Å². The lowest BCUT2D eigenvalue weighted by Gasteiger charge is -2.18. The fourth-order valence-corrected chi connectivity index (χ4v) is 3.39. The Balaban J connectivity index is 1.86. The highest BCUT2D eigenvalue weighted by molar-refractivity contribution is 5.76. The van der Waals surface area contributed by atoms with Crippen molar-refractivity contribution in [1.82, 2.24) is 9.13 Å². The van der Waals surface area contributed by atoms with Gasteiger partial charge in [-0.05, 0) is 59.7 Å². The fraction of sp³-hybridized carbons (Fsp3) is 0.0800. The topological polar surface area (TPSA) is 54.9 Å². The predicted molar refractivity (Wildman–Crippen MR) is 120 cm³/mol. The Labute approximate surface area is 176 Å². The molecule has 0 aliphatic carbocycles. The van der Waals surface area contributed by atoms with Gasteiger partial charge in [0.25, 0.3) is 0 Å². The first-order chi connectivity index (χ1) is 14.8. The molecule has 4 rings (SSSR count). The fourth-order valence-electron chi connectivity index (χ4n) is 3.39. The van der Waals surface area contributed by atoms with Crippen molar-refractivity contribution in [3.8, 4) is 23.2 Å². The van der Waals surface area contributed by atoms with Crippen molar-refractivity contribution in [2.45, 2.75) is 6.42 Å². The van der Waals surface area contributed by atoms with Gasteiger partial charge in [0.2, 0.25) is 0 Å². The minimum Gasteiger partial charge on any atom is -0.492 e. The molecule has 0 aliphatic rings. The highest BCUT2D eigenvalue weighted by Crippen LogP contribution is 2.35. The summed E-state index contributed by atoms with van der Waals surface area (Å²) in [5, 5.41) is 12.8. The van der Waals surface area contributed by atoms with Crippen molar-refractivity contribution < 1.29 is 4.74 Å². The molecule has 5 nitrogen and oxygen atoms in total. The van der Waals surface area contributed by atoms with E-state index in [0.29, 0.717) is 0 Å². The zero-order valence-electron chi connectivity index (χ0n) is 16.7. The van der Waals surface area contributed by atoms with Crippen LogP contribution in [0.4, 0.5) is 5.69 Å². The van der Waals surface area contributed by atoms with E-state index in [1.807, 2.05) is 94.7 Å². The lowest BCUT2D eigenvalue weighted by Crippen LogP contribution is -2.04. The van der Waals surface area contributed by atoms with E-state index < -0.39 is 0 Å². The Morgan fingerprint density at radius 3 is 2.00 bits per heavy atom. The summed E-state index contributed by atoms with van der Waals surface area (Å²) in [6, 6.07) is 24.2. The molecule has 0 unspecified atom stereocenters. The monoisotopic (exact) mass is 394 g/mol. The zero-order chi connectivity index (χ0) is 20.8. The van der Waals surface area contributed by atoms with Gasteiger partial charge in [-0.15, -0.1) is 0 Å². The van der Waals surface area contributed by atoms with Crippen LogP contribution in [0.25, 0.3) is 16.9 Å². The number of nitrogens with one attached hydrogen (secondary N) is 1. The van der Waals surface area contributed by atoms with Gasteiger partial charge >= 0.3 is 0 Å². The summed E-state index contributed by atoms with van der Waals surface area (Å²) in [4.78, 5) is 0. The van der Waals surface area contributed by atoms with Gasteiger partial charge < -0.3 is 19.2 Å². The van der Waals surface area contributed by atoms with E-state index in [0.717, 1.165) is 33.9 Å². The molecule has 0 saturated carbocycles. The van der Waals surface area contributed by atoms with Gasteiger partial charge in [-0.25, -0.2) is 0 Å². The molecule has 0 bridgehead atoms. The standard InChI is InChI=1S/C25H22N4O/c1-30-25-23(28-13-5-6-14-28)17-21(18-24(25)29-15-7-8-16-29)20(11-12-26)19-27-22-9-3-2-4-10-22/h2-10,13-19,27H,11H2,1H3. The summed E-state index contributed by atoms with van der Waals surface area (Å²) in [5.74, 6) is 0.762. The van der Waals surface area contributed by atoms with Crippen molar-refractivity contribution >= 4 is 11.3 Å². The molecule has 0 radical (unpaired) electrons. The van der Waals surface area contributed by atoms with Crippen molar-refractivity contribution in [2.75, 3.05) is 12.4 Å². The van der Waals surface area contributed by atoms with Crippen LogP contribution >= 0.6 is 0 Å². The van der Waals surface area contributed by atoms with Crippen molar-refractivity contribution in [3.05, 3.63) is 103 Å². The molecule has 2 aromatic heterocycles. The number of hydrogen-bond donors (Lipinski definition) is 1. The van der Waals surface area contributed by atoms with Gasteiger partial charge in [-0.2, -0.15) is 5.26 Å². The predicted octanol–water partition coefficient (Wildman–Crippen LogP) is 5.64. The molecule has 1 N–H and O–H groups in total. The molecule has 0 fully saturated rings. The molecule has 30 heavy (non-hydrogen) atoms. The zero-order valence-corrected chi connectivity index (χ0v) is 16.7. The maximum absolute atomic E-state index is 9.45. The average molecular weight is 394 g/mol. The smallest absolute Gasteiger partial charge is 0.166 e. The molecule has 5 heteroatoms. The van der Waals surface area contributed by atoms with Gasteiger partial charge in [-0.3, -0.25) is 0 Å². The van der Waals surface area contributed by atoms with Crippen LogP contribution in [-0.2, 0) is 0 Å². The maximum Gasteiger partial charge on any atom is 0.166 e. The van der Waals surface area contributed by atoms with Crippen LogP contribution in [0.1, 0.15) is 12.0 Å². The molecule has 0 spiro atoms. The molecule has 0 amide bonds. The van der Waals surface area contributed by atoms with E-state index in [1.165, 1.54) is 0 Å². The first-order valence-corrected chi connectivity index (χ1v) is 9.67. The molecule has 0 aliphatic heterocycles. The number of ether oxygens (including phenoxy) is 1. The van der Waals surface area contributed by atoms with Gasteiger partial charge in [-0.1, -0.05) is 18.2 Å². The number of benzene rings is 2. The lowest BCUT2D eigenvalue weighted by atomic mass is 10.0. The summed E-state index contributed by atoms with van der Waals surface area (Å²) in [5.41, 5.74) is 4.64. The lowest BCUT2D eigenvalue weighted by molar-refractivity contribution is 0.411. The molecule has 148 valence electrons. The maximum atomic E-state index is 9.45. The molecular formula is C25H22N4O. The van der Waals surface area contributed by atoms with Gasteiger partial charge in [0.1, 0.15) is 0 Å². The van der Waals surface area contributed by atoms with Gasteiger partial charge in [0, 0.05) is 36.7 Å². The molecule has 2 aromatic carbocycles. The van der Waals surface area contributed by atoms with Crippen LogP contribution in [0.5, 0.6) is 5.75 Å². The van der Waals surface area contributed by atoms with Crippen molar-refractivity contribution in [1.29, 1.82) is 5.26 Å². The van der Waals surface area contributed by atoms with E-state index in [9.17, 15) is 5.26 Å². The second-order valence-corrected chi connectivity index (χ2v) is 6.74. The minimum atomic E-state index is 0.280. The molecule has 0 saturated heterocycles. The average Bonchev–Trinajstić information content (AvgIpc) is 3.51. The van der Waals surface area contributed by atoms with Crippen LogP contribution in [0, 0.1) is 11.3 Å². The molecule has 0 atom stereocenters. The summed E-state index contributed by atoms with van der Waals surface area (Å²) in [6.45, 7) is 0. The Morgan fingerprint density at radius 1 is 0.933 bits per heavy atom. The number of rotatable bonds is 7. The van der Waals surface area contributed by atoms with Crippen LogP contribution in [0.2, 0.25) is 0 Å². The largest absolute Gasteiger partial charge is 0.492 e. The third-order valence-corrected chi connectivity index (χ3v) is 4.85. The van der Waals surface area contributed by atoms with Crippen LogP contribution in [0.3, 0.4) is 0 Å². The van der Waals surface area contributed by atoms with E-state index in [4.69, 9.17) is 4.74 Å². The number of para-hydroxylation sites is 1. The van der Waals surface area contributed by atoms with E-state index in [2.05, 4.69) is 23.5 Å². The second-order valence-electron chi connectivity index (χ2n) is 6.74. The Bertz CT molecular complexity index is 1110. The minimum absolute atomic E-state index is 0.280. The highest BCUT2D eigenvalue weighted by Gasteiger charge is 2.16. The number of allylic oxidation sites excluding steroid dienone is 1. The Kier molecular flexibility index (Phi) is 5.68. The number of nitriles is 1. The van der Waals surface area contributed by atoms with Crippen LogP contribution in [0.15, 0.2) is 97.7 Å². The summed E-state index contributed by atoms with van der Waals surface area (Å²) in [7, 11) is 1.68. The first kappa shape index (κ1) is 19.2. The van der Waals surface area contributed by atoms with Gasteiger partial charge in [0.15, 0.2) is 5.75 Å². The summed E-state index contributed by atoms with van der Waals surface area (Å²) < 4.78 is 9.84. The summed E-state index contributed by atoms with van der Waals surface area (Å²) >= 11 is 0. The summed E-state index contributed by atoms with van der Waals surface area (Å²) in [6.07, 6.45) is 10.1. The number of anilines is 1. The second kappa shape index (κ2) is 8.89. The number of aromatic nitrogens is 2. The number of methoxy groups -OCH3 is 1. The number of nitrogens with zero attached hydrogens (tertiary/aromatic N) is 3. The SMILES string of the molecule is COc1c(-n2cccc2)cc(C(=CNc2ccccc2)CC#N)cc1-n1cccc1. The normalized spacial score (nSPS) is 11.1. The highest BCUT2D eigenvalue weighted by atomic mass is 16.5. The van der Waals surface area contributed by atoms with E-state index in [1.54, 1.807) is 7.11 Å². The Morgan fingerprint density at radius 2 is 1.50 bits per heavy atom. The van der Waals surface area contributed by atoms with Crippen molar-refractivity contribution in [2.24, 2.45) is 0 Å². The quantitative estimate of drug-likeness (QED) is 0.441. The van der Waals surface area contributed by atoms with Crippen molar-refractivity contribution in [3.63, 3.8) is 0 Å². The van der Waals surface area contributed by atoms with Crippen LogP contribution < -0.4 is 10.1 Å². The third kappa shape index (κ3) is 3.98. The van der Waals surface area contributed by atoms with Gasteiger partial charge in [0.05, 0.1) is 31.0 Å². The molecular weight excluding hydrogens is 372 g/mol.